The molecule has 12 heteroatoms. The molecule has 1 N–H and O–H groups in total. The second-order valence-electron chi connectivity index (χ2n) is 10.6. The molecule has 0 unspecified atom stereocenters. The normalized spacial score (nSPS) is 15.6. The highest BCUT2D eigenvalue weighted by atomic mass is 32.2. The van der Waals surface area contributed by atoms with E-state index >= 15 is 0 Å². The van der Waals surface area contributed by atoms with Crippen LogP contribution in [0.25, 0.3) is 11.6 Å². The summed E-state index contributed by atoms with van der Waals surface area (Å²) in [6.45, 7) is 2.61. The lowest BCUT2D eigenvalue weighted by atomic mass is 9.93. The summed E-state index contributed by atoms with van der Waals surface area (Å²) < 4.78 is 7.47. The molecule has 0 aliphatic heterocycles. The number of nitrogens with one attached hydrogen (secondary N) is 1. The third-order valence-corrected chi connectivity index (χ3v) is 10.1. The molecular formula is C30H32N6O4S2. The van der Waals surface area contributed by atoms with Crippen LogP contribution in [0.5, 0.6) is 0 Å². The van der Waals surface area contributed by atoms with Crippen molar-refractivity contribution < 1.29 is 14.1 Å². The molecule has 0 atom stereocenters. The number of hydrogen-bond acceptors (Lipinski definition) is 9. The van der Waals surface area contributed by atoms with Gasteiger partial charge in [0.2, 0.25) is 0 Å². The highest BCUT2D eigenvalue weighted by Gasteiger charge is 2.27. The van der Waals surface area contributed by atoms with Gasteiger partial charge in [-0.1, -0.05) is 19.3 Å². The highest BCUT2D eigenvalue weighted by molar-refractivity contribution is 7.99. The average molecular weight is 605 g/mol. The van der Waals surface area contributed by atoms with E-state index in [9.17, 15) is 14.9 Å². The van der Waals surface area contributed by atoms with Crippen molar-refractivity contribution in [3.05, 3.63) is 68.3 Å². The van der Waals surface area contributed by atoms with Crippen molar-refractivity contribution in [2.24, 2.45) is 4.99 Å². The molecule has 2 aliphatic rings. The van der Waals surface area contributed by atoms with E-state index in [1.165, 1.54) is 35.2 Å². The predicted molar refractivity (Wildman–Crippen MR) is 163 cm³/mol. The number of aryl methyl sites for hydroxylation is 1. The molecule has 0 saturated heterocycles. The minimum Gasteiger partial charge on any atom is -0.461 e. The lowest BCUT2D eigenvalue weighted by Crippen LogP contribution is -2.36. The number of thiophene rings is 1. The summed E-state index contributed by atoms with van der Waals surface area (Å²) in [5.41, 5.74) is 2.33. The van der Waals surface area contributed by atoms with Crippen LogP contribution < -0.4 is 5.32 Å². The van der Waals surface area contributed by atoms with Crippen LogP contribution in [0.2, 0.25) is 0 Å². The number of nitro benzene ring substituents is 1. The Hall–Kier alpha value is -3.77. The number of nitrogens with zero attached hydrogens (tertiary/aromatic N) is 5. The molecule has 10 nitrogen and oxygen atoms in total. The number of carbonyl (C=O) groups excluding carboxylic acids is 1. The lowest BCUT2D eigenvalue weighted by molar-refractivity contribution is -0.384. The monoisotopic (exact) mass is 604 g/mol. The molecule has 4 aromatic rings. The molecule has 1 saturated carbocycles. The fourth-order valence-electron chi connectivity index (χ4n) is 5.69. The zero-order chi connectivity index (χ0) is 29.1. The minimum absolute atomic E-state index is 0.0326. The molecule has 218 valence electrons. The first-order chi connectivity index (χ1) is 20.5. The van der Waals surface area contributed by atoms with Gasteiger partial charge in [0.05, 0.1) is 16.7 Å². The third kappa shape index (κ3) is 5.91. The first kappa shape index (κ1) is 28.4. The summed E-state index contributed by atoms with van der Waals surface area (Å²) in [5.74, 6) is 1.17. The molecule has 0 spiro atoms. The van der Waals surface area contributed by atoms with Gasteiger partial charge in [-0.3, -0.25) is 19.5 Å². The Morgan fingerprint density at radius 3 is 2.81 bits per heavy atom. The maximum atomic E-state index is 13.6. The Labute approximate surface area is 251 Å². The van der Waals surface area contributed by atoms with Gasteiger partial charge in [0.25, 0.3) is 11.6 Å². The van der Waals surface area contributed by atoms with Crippen molar-refractivity contribution >= 4 is 45.9 Å². The summed E-state index contributed by atoms with van der Waals surface area (Å²) >= 11 is 2.92. The van der Waals surface area contributed by atoms with Gasteiger partial charge in [-0.05, 0) is 81.0 Å². The standard InChI is InChI=1S/C30H32N6O4S2/c1-2-35-27(23-12-8-16-40-23)33-34-30(35)42-24-15-14-21(36(38)39)17-19(24)18-31-29-26(22-11-6-7-13-25(22)41-29)28(37)32-20-9-4-3-5-10-20/h8,12,14-18,20H,2-7,9-11,13H2,1H3,(H,32,37). The van der Waals surface area contributed by atoms with Crippen molar-refractivity contribution in [3.8, 4) is 11.6 Å². The number of amides is 1. The second-order valence-corrected chi connectivity index (χ2v) is 12.7. The molecule has 1 fully saturated rings. The summed E-state index contributed by atoms with van der Waals surface area (Å²) in [5, 5.41) is 24.9. The number of furan rings is 1. The molecule has 2 aliphatic carbocycles. The maximum absolute atomic E-state index is 13.6. The summed E-state index contributed by atoms with van der Waals surface area (Å²) in [6.07, 6.45) is 12.7. The largest absolute Gasteiger partial charge is 0.461 e. The van der Waals surface area contributed by atoms with Gasteiger partial charge >= 0.3 is 0 Å². The van der Waals surface area contributed by atoms with E-state index in [0.717, 1.165) is 61.8 Å². The number of benzene rings is 1. The Morgan fingerprint density at radius 2 is 2.05 bits per heavy atom. The number of carbonyl (C=O) groups is 1. The van der Waals surface area contributed by atoms with E-state index in [0.29, 0.717) is 39.4 Å². The SMILES string of the molecule is CCn1c(Sc2ccc([N+](=O)[O-])cc2C=Nc2sc3c(c2C(=O)NC2CCCCC2)CCCC3)nnc1-c1ccco1. The fraction of sp³-hybridized carbons (Fsp3) is 0.400. The van der Waals surface area contributed by atoms with E-state index in [1.54, 1.807) is 35.9 Å². The van der Waals surface area contributed by atoms with Gasteiger partial charge in [0, 0.05) is 46.3 Å². The number of fused-ring (bicyclic) bond motifs is 1. The quantitative estimate of drug-likeness (QED) is 0.120. The maximum Gasteiger partial charge on any atom is 0.270 e. The number of rotatable bonds is 9. The van der Waals surface area contributed by atoms with Crippen molar-refractivity contribution in [3.63, 3.8) is 0 Å². The van der Waals surface area contributed by atoms with Crippen LogP contribution in [-0.4, -0.2) is 37.9 Å². The van der Waals surface area contributed by atoms with Gasteiger partial charge in [-0.2, -0.15) is 0 Å². The van der Waals surface area contributed by atoms with E-state index in [1.807, 2.05) is 17.6 Å². The van der Waals surface area contributed by atoms with Crippen LogP contribution in [0, 0.1) is 10.1 Å². The van der Waals surface area contributed by atoms with E-state index < -0.39 is 4.92 Å². The zero-order valence-corrected chi connectivity index (χ0v) is 25.0. The van der Waals surface area contributed by atoms with Crippen molar-refractivity contribution in [1.82, 2.24) is 20.1 Å². The lowest BCUT2D eigenvalue weighted by Gasteiger charge is -2.23. The van der Waals surface area contributed by atoms with E-state index in [4.69, 9.17) is 9.41 Å². The Morgan fingerprint density at radius 1 is 1.21 bits per heavy atom. The Balaban J connectivity index is 1.34. The van der Waals surface area contributed by atoms with Crippen LogP contribution in [0.1, 0.15) is 78.2 Å². The predicted octanol–water partition coefficient (Wildman–Crippen LogP) is 7.37. The highest BCUT2D eigenvalue weighted by Crippen LogP contribution is 2.41. The van der Waals surface area contributed by atoms with Crippen molar-refractivity contribution in [1.29, 1.82) is 0 Å². The van der Waals surface area contributed by atoms with Crippen LogP contribution in [0.3, 0.4) is 0 Å². The molecule has 0 radical (unpaired) electrons. The first-order valence-electron chi connectivity index (χ1n) is 14.4. The van der Waals surface area contributed by atoms with E-state index in [-0.39, 0.29) is 17.6 Å². The van der Waals surface area contributed by atoms with Crippen LogP contribution in [0.15, 0.2) is 56.1 Å². The van der Waals surface area contributed by atoms with Gasteiger partial charge in [0.15, 0.2) is 16.7 Å². The van der Waals surface area contributed by atoms with Crippen LogP contribution in [-0.2, 0) is 19.4 Å². The average Bonchev–Trinajstić information content (AvgIpc) is 3.75. The third-order valence-electron chi connectivity index (χ3n) is 7.82. The number of hydrogen-bond donors (Lipinski definition) is 1. The molecule has 3 heterocycles. The van der Waals surface area contributed by atoms with E-state index in [2.05, 4.69) is 15.5 Å². The molecule has 42 heavy (non-hydrogen) atoms. The topological polar surface area (TPSA) is 128 Å². The van der Waals surface area contributed by atoms with Gasteiger partial charge < -0.3 is 9.73 Å². The first-order valence-corrected chi connectivity index (χ1v) is 16.1. The number of nitro groups is 1. The van der Waals surface area contributed by atoms with Crippen molar-refractivity contribution in [2.45, 2.75) is 87.3 Å². The van der Waals surface area contributed by atoms with Gasteiger partial charge in [0.1, 0.15) is 5.00 Å². The molecular weight excluding hydrogens is 573 g/mol. The zero-order valence-electron chi connectivity index (χ0n) is 23.4. The molecule has 1 amide bonds. The number of aromatic nitrogens is 3. The Kier molecular flexibility index (Phi) is 8.52. The molecule has 6 rings (SSSR count). The molecule has 3 aromatic heterocycles. The fourth-order valence-corrected chi connectivity index (χ4v) is 7.89. The summed E-state index contributed by atoms with van der Waals surface area (Å²) in [6, 6.07) is 8.53. The van der Waals surface area contributed by atoms with Gasteiger partial charge in [-0.25, -0.2) is 4.99 Å². The minimum atomic E-state index is -0.414. The number of non-ortho nitro benzene ring substituents is 1. The smallest absolute Gasteiger partial charge is 0.270 e. The van der Waals surface area contributed by atoms with Crippen LogP contribution >= 0.6 is 23.1 Å². The summed E-state index contributed by atoms with van der Waals surface area (Å²) in [7, 11) is 0. The second kappa shape index (κ2) is 12.6. The molecule has 0 bridgehead atoms. The molecule has 1 aromatic carbocycles. The van der Waals surface area contributed by atoms with Crippen molar-refractivity contribution in [2.75, 3.05) is 0 Å². The Bertz CT molecular complexity index is 1620. The van der Waals surface area contributed by atoms with Crippen LogP contribution in [0.4, 0.5) is 10.7 Å². The number of aliphatic imine (C=N–C) groups is 1. The summed E-state index contributed by atoms with van der Waals surface area (Å²) in [4.78, 5) is 31.6. The van der Waals surface area contributed by atoms with Gasteiger partial charge in [-0.15, -0.1) is 21.5 Å².